The number of alkyl halides is 3. The van der Waals surface area contributed by atoms with E-state index < -0.39 is 23.9 Å². The molecule has 10 heteroatoms. The molecule has 1 saturated heterocycles. The molecule has 0 spiro atoms. The number of phenolic OH excluding ortho intramolecular Hbond substituents is 1. The maximum absolute atomic E-state index is 13.4. The monoisotopic (exact) mass is 457 g/mol. The molecule has 1 aliphatic heterocycles. The Hall–Kier alpha value is -2.65. The fourth-order valence-corrected chi connectivity index (χ4v) is 3.98. The van der Waals surface area contributed by atoms with Crippen molar-refractivity contribution in [2.75, 3.05) is 37.7 Å². The molecule has 0 radical (unpaired) electrons. The Morgan fingerprint density at radius 2 is 1.77 bits per heavy atom. The summed E-state index contributed by atoms with van der Waals surface area (Å²) in [5.41, 5.74) is 5.53. The molecule has 0 aliphatic carbocycles. The van der Waals surface area contributed by atoms with Gasteiger partial charge in [0.25, 0.3) is 0 Å². The van der Waals surface area contributed by atoms with Crippen molar-refractivity contribution in [3.8, 4) is 5.75 Å². The summed E-state index contributed by atoms with van der Waals surface area (Å²) in [5, 5.41) is 9.09. The number of phenols is 1. The van der Waals surface area contributed by atoms with E-state index in [4.69, 9.17) is 22.1 Å². The lowest BCUT2D eigenvalue weighted by molar-refractivity contribution is -0.137. The van der Waals surface area contributed by atoms with Gasteiger partial charge in [-0.2, -0.15) is 13.2 Å². The number of nitrogens with two attached hydrogens (primary N) is 1. The third-order valence-corrected chi connectivity index (χ3v) is 5.62. The number of benzene rings is 2. The molecule has 1 fully saturated rings. The van der Waals surface area contributed by atoms with E-state index in [0.29, 0.717) is 38.2 Å². The molecule has 2 aromatic carbocycles. The average Bonchev–Trinajstić information content (AvgIpc) is 2.72. The van der Waals surface area contributed by atoms with E-state index in [9.17, 15) is 23.1 Å². The van der Waals surface area contributed by atoms with Crippen LogP contribution in [-0.4, -0.2) is 48.9 Å². The first kappa shape index (κ1) is 23.0. The Balaban J connectivity index is 1.78. The molecule has 31 heavy (non-hydrogen) atoms. The number of carbonyl (C=O) groups excluding carboxylic acids is 1. The van der Waals surface area contributed by atoms with E-state index in [0.717, 1.165) is 11.8 Å². The van der Waals surface area contributed by atoms with Gasteiger partial charge in [-0.1, -0.05) is 17.7 Å². The van der Waals surface area contributed by atoms with Gasteiger partial charge in [0, 0.05) is 44.3 Å². The summed E-state index contributed by atoms with van der Waals surface area (Å²) in [6, 6.07) is 10.3. The first-order valence-corrected chi connectivity index (χ1v) is 10.1. The van der Waals surface area contributed by atoms with E-state index in [1.165, 1.54) is 6.07 Å². The van der Waals surface area contributed by atoms with Crippen LogP contribution in [-0.2, 0) is 10.9 Å². The lowest BCUT2D eigenvalue weighted by Gasteiger charge is -2.40. The number of hydrogen-bond donors (Lipinski definition) is 2. The fourth-order valence-electron chi connectivity index (χ4n) is 3.75. The molecule has 1 unspecified atom stereocenters. The summed E-state index contributed by atoms with van der Waals surface area (Å²) in [7, 11) is 0. The van der Waals surface area contributed by atoms with E-state index in [2.05, 4.69) is 9.80 Å². The van der Waals surface area contributed by atoms with Crippen molar-refractivity contribution in [2.45, 2.75) is 18.6 Å². The van der Waals surface area contributed by atoms with Gasteiger partial charge >= 0.3 is 12.3 Å². The lowest BCUT2D eigenvalue weighted by atomic mass is 9.98. The third-order valence-electron chi connectivity index (χ3n) is 5.29. The Morgan fingerprint density at radius 1 is 1.13 bits per heavy atom. The van der Waals surface area contributed by atoms with Gasteiger partial charge in [-0.3, -0.25) is 4.90 Å². The Bertz CT molecular complexity index is 901. The molecule has 3 N–H and O–H groups in total. The zero-order chi connectivity index (χ0) is 22.6. The first-order valence-electron chi connectivity index (χ1n) is 9.72. The summed E-state index contributed by atoms with van der Waals surface area (Å²) in [4.78, 5) is 15.1. The number of carbonyl (C=O) groups is 1. The van der Waals surface area contributed by atoms with Crippen LogP contribution in [0.5, 0.6) is 5.75 Å². The number of hydrogen-bond acceptors (Lipinski definition) is 5. The molecule has 3 rings (SSSR count). The van der Waals surface area contributed by atoms with Crippen LogP contribution in [0.2, 0.25) is 5.02 Å². The quantitative estimate of drug-likeness (QED) is 0.671. The van der Waals surface area contributed by atoms with Crippen LogP contribution in [0.4, 0.5) is 23.7 Å². The van der Waals surface area contributed by atoms with Gasteiger partial charge in [-0.25, -0.2) is 4.79 Å². The van der Waals surface area contributed by atoms with Crippen molar-refractivity contribution in [1.29, 1.82) is 0 Å². The van der Waals surface area contributed by atoms with Crippen LogP contribution in [0, 0.1) is 0 Å². The minimum atomic E-state index is -4.57. The maximum atomic E-state index is 13.4. The number of halogens is 4. The van der Waals surface area contributed by atoms with E-state index in [-0.39, 0.29) is 17.4 Å². The minimum Gasteiger partial charge on any atom is -0.508 e. The molecule has 1 heterocycles. The number of rotatable bonds is 6. The van der Waals surface area contributed by atoms with Gasteiger partial charge in [0.2, 0.25) is 0 Å². The van der Waals surface area contributed by atoms with Crippen molar-refractivity contribution < 1.29 is 27.8 Å². The van der Waals surface area contributed by atoms with E-state index in [1.54, 1.807) is 18.2 Å². The van der Waals surface area contributed by atoms with Crippen LogP contribution in [0.1, 0.15) is 23.6 Å². The zero-order valence-electron chi connectivity index (χ0n) is 16.6. The molecule has 6 nitrogen and oxygen atoms in total. The largest absolute Gasteiger partial charge is 0.508 e. The summed E-state index contributed by atoms with van der Waals surface area (Å²) >= 11 is 5.77. The second kappa shape index (κ2) is 9.65. The summed E-state index contributed by atoms with van der Waals surface area (Å²) in [6.45, 7) is 2.47. The molecule has 1 aliphatic rings. The topological polar surface area (TPSA) is 79.0 Å². The van der Waals surface area contributed by atoms with Crippen LogP contribution in [0.3, 0.4) is 0 Å². The van der Waals surface area contributed by atoms with E-state index in [1.807, 2.05) is 12.1 Å². The Morgan fingerprint density at radius 3 is 2.35 bits per heavy atom. The molecule has 1 amide bonds. The van der Waals surface area contributed by atoms with Gasteiger partial charge in [-0.05, 0) is 42.0 Å². The van der Waals surface area contributed by atoms with Crippen LogP contribution in [0.25, 0.3) is 0 Å². The number of amides is 1. The molecule has 1 atom stereocenters. The van der Waals surface area contributed by atoms with Crippen LogP contribution >= 0.6 is 11.6 Å². The van der Waals surface area contributed by atoms with Gasteiger partial charge < -0.3 is 20.5 Å². The highest BCUT2D eigenvalue weighted by Crippen LogP contribution is 2.38. The summed E-state index contributed by atoms with van der Waals surface area (Å²) in [5.74, 6) is 0.181. The second-order valence-corrected chi connectivity index (χ2v) is 7.66. The third kappa shape index (κ3) is 5.95. The predicted octanol–water partition coefficient (Wildman–Crippen LogP) is 4.41. The molecular formula is C21H23ClF3N3O3. The summed E-state index contributed by atoms with van der Waals surface area (Å²) in [6.07, 6.45) is -5.21. The molecule has 0 bridgehead atoms. The minimum absolute atomic E-state index is 0.0118. The van der Waals surface area contributed by atoms with Crippen LogP contribution in [0.15, 0.2) is 42.5 Å². The first-order chi connectivity index (χ1) is 14.6. The molecule has 0 saturated carbocycles. The number of piperazine rings is 1. The standard InChI is InChI=1S/C21H23ClF3N3O3/c22-18-6-1-14(13-17(18)21(23,24)25)19(7-12-31-20(26)30)28-10-8-27(9-11-28)15-2-4-16(29)5-3-15/h1-6,13,19,29H,7-12H2,(H2,26,30). The number of nitrogens with zero attached hydrogens (tertiary/aromatic N) is 2. The van der Waals surface area contributed by atoms with Crippen molar-refractivity contribution >= 4 is 23.4 Å². The highest BCUT2D eigenvalue weighted by Gasteiger charge is 2.35. The Labute approximate surface area is 182 Å². The molecule has 2 aromatic rings. The van der Waals surface area contributed by atoms with Crippen molar-refractivity contribution in [3.05, 3.63) is 58.6 Å². The van der Waals surface area contributed by atoms with Gasteiger partial charge in [-0.15, -0.1) is 0 Å². The van der Waals surface area contributed by atoms with E-state index >= 15 is 0 Å². The summed E-state index contributed by atoms with van der Waals surface area (Å²) < 4.78 is 44.9. The smallest absolute Gasteiger partial charge is 0.417 e. The fraction of sp³-hybridized carbons (Fsp3) is 0.381. The lowest BCUT2D eigenvalue weighted by Crippen LogP contribution is -2.48. The number of primary amides is 1. The number of ether oxygens (including phenoxy) is 1. The van der Waals surface area contributed by atoms with Crippen molar-refractivity contribution in [2.24, 2.45) is 5.73 Å². The van der Waals surface area contributed by atoms with Gasteiger partial charge in [0.1, 0.15) is 5.75 Å². The predicted molar refractivity (Wildman–Crippen MR) is 111 cm³/mol. The van der Waals surface area contributed by atoms with Crippen LogP contribution < -0.4 is 10.6 Å². The molecule has 0 aromatic heterocycles. The zero-order valence-corrected chi connectivity index (χ0v) is 17.4. The molecular weight excluding hydrogens is 435 g/mol. The highest BCUT2D eigenvalue weighted by atomic mass is 35.5. The second-order valence-electron chi connectivity index (χ2n) is 7.25. The van der Waals surface area contributed by atoms with Crippen molar-refractivity contribution in [1.82, 2.24) is 4.90 Å². The van der Waals surface area contributed by atoms with Gasteiger partial charge in [0.15, 0.2) is 0 Å². The van der Waals surface area contributed by atoms with Gasteiger partial charge in [0.05, 0.1) is 17.2 Å². The number of anilines is 1. The maximum Gasteiger partial charge on any atom is 0.417 e. The highest BCUT2D eigenvalue weighted by molar-refractivity contribution is 6.31. The Kier molecular flexibility index (Phi) is 7.17. The SMILES string of the molecule is NC(=O)OCCC(c1ccc(Cl)c(C(F)(F)F)c1)N1CCN(c2ccc(O)cc2)CC1. The number of aromatic hydroxyl groups is 1. The average molecular weight is 458 g/mol. The van der Waals surface area contributed by atoms with Crippen molar-refractivity contribution in [3.63, 3.8) is 0 Å². The molecule has 168 valence electrons. The normalized spacial score (nSPS) is 16.2.